The topological polar surface area (TPSA) is 150 Å². The van der Waals surface area contributed by atoms with E-state index in [1.807, 2.05) is 6.07 Å². The minimum Gasteiger partial charge on any atom is -0.383 e. The lowest BCUT2D eigenvalue weighted by atomic mass is 10.0. The molecular weight excluding hydrogens is 490 g/mol. The number of nitrogens with zero attached hydrogens (tertiary/aromatic N) is 5. The van der Waals surface area contributed by atoms with Crippen molar-refractivity contribution >= 4 is 35.5 Å². The molecule has 2 aliphatic heterocycles. The SMILES string of the molecule is COCCNc1cc(NC(=O)N2CCCc3cc(CN(C(C)=O)[C@@H]4CCOC4)c(C=O)nc32)ncc1C#N. The molecule has 0 bridgehead atoms. The summed E-state index contributed by atoms with van der Waals surface area (Å²) < 4.78 is 10.5. The number of aryl methyl sites for hydroxylation is 1. The summed E-state index contributed by atoms with van der Waals surface area (Å²) in [4.78, 5) is 49.5. The number of ether oxygens (including phenoxy) is 2. The number of nitriles is 1. The van der Waals surface area contributed by atoms with Crippen LogP contribution in [0.1, 0.15) is 46.9 Å². The van der Waals surface area contributed by atoms with Crippen molar-refractivity contribution in [2.45, 2.75) is 38.8 Å². The van der Waals surface area contributed by atoms with Crippen LogP contribution in [0.25, 0.3) is 0 Å². The highest BCUT2D eigenvalue weighted by Crippen LogP contribution is 2.29. The van der Waals surface area contributed by atoms with Gasteiger partial charge in [-0.15, -0.1) is 0 Å². The first-order chi connectivity index (χ1) is 18.4. The van der Waals surface area contributed by atoms with E-state index in [2.05, 4.69) is 26.7 Å². The molecule has 2 aromatic rings. The Balaban J connectivity index is 1.55. The fourth-order valence-corrected chi connectivity index (χ4v) is 4.66. The number of carbonyl (C=O) groups excluding carboxylic acids is 3. The van der Waals surface area contributed by atoms with Crippen molar-refractivity contribution in [3.63, 3.8) is 0 Å². The molecule has 3 amide bonds. The van der Waals surface area contributed by atoms with E-state index < -0.39 is 6.03 Å². The maximum Gasteiger partial charge on any atom is 0.328 e. The van der Waals surface area contributed by atoms with Gasteiger partial charge in [0.05, 0.1) is 30.5 Å². The normalized spacial score (nSPS) is 16.3. The number of amides is 3. The van der Waals surface area contributed by atoms with Crippen LogP contribution in [-0.2, 0) is 27.2 Å². The molecule has 0 aromatic carbocycles. The lowest BCUT2D eigenvalue weighted by Crippen LogP contribution is -2.41. The van der Waals surface area contributed by atoms with E-state index in [4.69, 9.17) is 9.47 Å². The van der Waals surface area contributed by atoms with Gasteiger partial charge in [-0.1, -0.05) is 0 Å². The molecular formula is C26H31N7O5. The molecule has 200 valence electrons. The second-order valence-electron chi connectivity index (χ2n) is 9.13. The summed E-state index contributed by atoms with van der Waals surface area (Å²) in [6, 6.07) is 5.04. The molecule has 1 saturated heterocycles. The molecule has 0 radical (unpaired) electrons. The average Bonchev–Trinajstić information content (AvgIpc) is 3.45. The highest BCUT2D eigenvalue weighted by Gasteiger charge is 2.29. The fourth-order valence-electron chi connectivity index (χ4n) is 4.66. The molecule has 12 heteroatoms. The van der Waals surface area contributed by atoms with Gasteiger partial charge < -0.3 is 19.7 Å². The summed E-state index contributed by atoms with van der Waals surface area (Å²) >= 11 is 0. The number of nitrogens with one attached hydrogen (secondary N) is 2. The minimum atomic E-state index is -0.448. The predicted octanol–water partition coefficient (Wildman–Crippen LogP) is 2.34. The number of urea groups is 1. The first-order valence-corrected chi connectivity index (χ1v) is 12.5. The second-order valence-corrected chi connectivity index (χ2v) is 9.13. The molecule has 38 heavy (non-hydrogen) atoms. The van der Waals surface area contributed by atoms with Gasteiger partial charge in [0.1, 0.15) is 23.4 Å². The number of hydrogen-bond acceptors (Lipinski definition) is 9. The van der Waals surface area contributed by atoms with E-state index >= 15 is 0 Å². The zero-order valence-corrected chi connectivity index (χ0v) is 21.5. The lowest BCUT2D eigenvalue weighted by Gasteiger charge is -2.31. The molecule has 0 saturated carbocycles. The zero-order valence-electron chi connectivity index (χ0n) is 21.5. The quantitative estimate of drug-likeness (QED) is 0.374. The molecule has 0 unspecified atom stereocenters. The Kier molecular flexibility index (Phi) is 8.83. The van der Waals surface area contributed by atoms with Crippen LogP contribution in [0.15, 0.2) is 18.3 Å². The third kappa shape index (κ3) is 6.07. The number of aromatic nitrogens is 2. The molecule has 12 nitrogen and oxygen atoms in total. The molecule has 1 atom stereocenters. The summed E-state index contributed by atoms with van der Waals surface area (Å²) in [5, 5.41) is 15.2. The van der Waals surface area contributed by atoms with Gasteiger partial charge in [-0.3, -0.25) is 19.8 Å². The predicted molar refractivity (Wildman–Crippen MR) is 139 cm³/mol. The Hall–Kier alpha value is -4.08. The summed E-state index contributed by atoms with van der Waals surface area (Å²) in [5.41, 5.74) is 2.53. The van der Waals surface area contributed by atoms with Crippen LogP contribution in [0.4, 0.5) is 22.1 Å². The van der Waals surface area contributed by atoms with E-state index in [9.17, 15) is 19.6 Å². The van der Waals surface area contributed by atoms with E-state index in [0.717, 1.165) is 12.0 Å². The van der Waals surface area contributed by atoms with Gasteiger partial charge in [-0.2, -0.15) is 5.26 Å². The maximum absolute atomic E-state index is 13.3. The smallest absolute Gasteiger partial charge is 0.328 e. The Morgan fingerprint density at radius 3 is 2.92 bits per heavy atom. The zero-order chi connectivity index (χ0) is 27.1. The first kappa shape index (κ1) is 27.0. The van der Waals surface area contributed by atoms with Gasteiger partial charge in [0.2, 0.25) is 5.91 Å². The summed E-state index contributed by atoms with van der Waals surface area (Å²) in [7, 11) is 1.58. The van der Waals surface area contributed by atoms with Gasteiger partial charge in [-0.05, 0) is 30.9 Å². The van der Waals surface area contributed by atoms with E-state index in [-0.39, 0.29) is 30.0 Å². The van der Waals surface area contributed by atoms with Crippen LogP contribution in [0.2, 0.25) is 0 Å². The van der Waals surface area contributed by atoms with Gasteiger partial charge in [0.15, 0.2) is 6.29 Å². The summed E-state index contributed by atoms with van der Waals surface area (Å²) in [5.74, 6) is 0.580. The Labute approximate surface area is 220 Å². The number of aldehydes is 1. The van der Waals surface area contributed by atoms with Crippen molar-refractivity contribution in [2.24, 2.45) is 0 Å². The Bertz CT molecular complexity index is 1240. The first-order valence-electron chi connectivity index (χ1n) is 12.5. The number of methoxy groups -OCH3 is 1. The number of rotatable bonds is 9. The fraction of sp³-hybridized carbons (Fsp3) is 0.462. The highest BCUT2D eigenvalue weighted by atomic mass is 16.5. The van der Waals surface area contributed by atoms with Crippen LogP contribution in [0.5, 0.6) is 0 Å². The number of fused-ring (bicyclic) bond motifs is 1. The van der Waals surface area contributed by atoms with Crippen molar-refractivity contribution < 1.29 is 23.9 Å². The van der Waals surface area contributed by atoms with Crippen LogP contribution in [0.3, 0.4) is 0 Å². The van der Waals surface area contributed by atoms with Gasteiger partial charge in [0.25, 0.3) is 0 Å². The number of carbonyl (C=O) groups is 3. The number of hydrogen-bond donors (Lipinski definition) is 2. The van der Waals surface area contributed by atoms with Gasteiger partial charge in [0, 0.05) is 58.1 Å². The van der Waals surface area contributed by atoms with Crippen molar-refractivity contribution in [2.75, 3.05) is 55.6 Å². The molecule has 4 heterocycles. The van der Waals surface area contributed by atoms with Crippen molar-refractivity contribution in [1.82, 2.24) is 14.9 Å². The molecule has 0 aliphatic carbocycles. The van der Waals surface area contributed by atoms with E-state index in [0.29, 0.717) is 74.7 Å². The lowest BCUT2D eigenvalue weighted by molar-refractivity contribution is -0.131. The van der Waals surface area contributed by atoms with Crippen LogP contribution in [0, 0.1) is 11.3 Å². The molecule has 2 aromatic heterocycles. The van der Waals surface area contributed by atoms with Crippen LogP contribution < -0.4 is 15.5 Å². The number of anilines is 3. The Morgan fingerprint density at radius 1 is 1.39 bits per heavy atom. The third-order valence-electron chi connectivity index (χ3n) is 6.60. The molecule has 2 N–H and O–H groups in total. The Morgan fingerprint density at radius 2 is 2.24 bits per heavy atom. The van der Waals surface area contributed by atoms with Crippen molar-refractivity contribution in [3.05, 3.63) is 40.7 Å². The molecule has 0 spiro atoms. The van der Waals surface area contributed by atoms with E-state index in [1.54, 1.807) is 18.1 Å². The van der Waals surface area contributed by atoms with Crippen molar-refractivity contribution in [1.29, 1.82) is 5.26 Å². The molecule has 1 fully saturated rings. The standard InChI is InChI=1S/C26H31N7O5/c1-17(35)33(21-5-8-38-16-21)14-19-10-18-4-3-7-32(25(18)30-23(19)15-34)26(36)31-24-11-22(28-6-9-37-2)20(12-27)13-29-24/h10-11,13,15,21H,3-9,14,16H2,1-2H3,(H2,28,29,31,36)/t21-/m1/s1. The molecule has 2 aliphatic rings. The second kappa shape index (κ2) is 12.4. The van der Waals surface area contributed by atoms with Crippen molar-refractivity contribution in [3.8, 4) is 6.07 Å². The maximum atomic E-state index is 13.3. The largest absolute Gasteiger partial charge is 0.383 e. The summed E-state index contributed by atoms with van der Waals surface area (Å²) in [6.45, 7) is 4.17. The van der Waals surface area contributed by atoms with Gasteiger partial charge in [-0.25, -0.2) is 14.8 Å². The minimum absolute atomic E-state index is 0.0425. The van der Waals surface area contributed by atoms with Crippen LogP contribution >= 0.6 is 0 Å². The van der Waals surface area contributed by atoms with Crippen LogP contribution in [-0.4, -0.2) is 79.2 Å². The average molecular weight is 522 g/mol. The number of pyridine rings is 2. The van der Waals surface area contributed by atoms with E-state index in [1.165, 1.54) is 18.0 Å². The third-order valence-corrected chi connectivity index (χ3v) is 6.60. The van der Waals surface area contributed by atoms with Gasteiger partial charge >= 0.3 is 6.03 Å². The monoisotopic (exact) mass is 521 g/mol. The molecule has 4 rings (SSSR count). The summed E-state index contributed by atoms with van der Waals surface area (Å²) in [6.07, 6.45) is 4.19. The highest BCUT2D eigenvalue weighted by molar-refractivity contribution is 6.01.